The second-order valence-electron chi connectivity index (χ2n) is 4.73. The van der Waals surface area contributed by atoms with E-state index >= 15 is 0 Å². The maximum atomic E-state index is 12.2. The first-order valence-electron chi connectivity index (χ1n) is 6.29. The predicted octanol–water partition coefficient (Wildman–Crippen LogP) is 5.41. The van der Waals surface area contributed by atoms with Crippen LogP contribution < -0.4 is 5.32 Å². The molecule has 1 heterocycles. The van der Waals surface area contributed by atoms with Gasteiger partial charge in [-0.3, -0.25) is 4.79 Å². The van der Waals surface area contributed by atoms with Crippen LogP contribution in [-0.4, -0.2) is 5.91 Å². The second kappa shape index (κ2) is 5.54. The van der Waals surface area contributed by atoms with E-state index in [0.29, 0.717) is 16.3 Å². The Hall–Kier alpha value is -1.78. The van der Waals surface area contributed by atoms with Crippen molar-refractivity contribution in [1.29, 1.82) is 0 Å². The molecule has 106 valence electrons. The van der Waals surface area contributed by atoms with E-state index < -0.39 is 0 Å². The minimum Gasteiger partial charge on any atom is -0.451 e. The lowest BCUT2D eigenvalue weighted by Gasteiger charge is -2.04. The molecule has 0 unspecified atom stereocenters. The fourth-order valence-corrected chi connectivity index (χ4v) is 2.54. The Labute approximate surface area is 135 Å². The fraction of sp³-hybridized carbons (Fsp3) is 0.0625. The minimum atomic E-state index is -0.293. The van der Waals surface area contributed by atoms with E-state index in [1.54, 1.807) is 24.3 Å². The van der Waals surface area contributed by atoms with Gasteiger partial charge in [0.15, 0.2) is 5.76 Å². The second-order valence-corrected chi connectivity index (χ2v) is 6.00. The zero-order valence-electron chi connectivity index (χ0n) is 11.1. The summed E-state index contributed by atoms with van der Waals surface area (Å²) in [5.41, 5.74) is 2.47. The average molecular weight is 365 g/mol. The Morgan fingerprint density at radius 3 is 2.76 bits per heavy atom. The zero-order chi connectivity index (χ0) is 15.0. The minimum absolute atomic E-state index is 0.279. The molecular formula is C16H11BrClNO2. The van der Waals surface area contributed by atoms with Crippen LogP contribution in [0.4, 0.5) is 5.69 Å². The van der Waals surface area contributed by atoms with Crippen LogP contribution in [0.2, 0.25) is 5.02 Å². The molecule has 0 saturated heterocycles. The van der Waals surface area contributed by atoms with Crippen LogP contribution in [0.1, 0.15) is 16.1 Å². The van der Waals surface area contributed by atoms with Crippen LogP contribution in [0.3, 0.4) is 0 Å². The fourth-order valence-electron chi connectivity index (χ4n) is 2.04. The maximum absolute atomic E-state index is 12.2. The third kappa shape index (κ3) is 2.96. The van der Waals surface area contributed by atoms with Crippen molar-refractivity contribution in [3.05, 3.63) is 63.3 Å². The number of carbonyl (C=O) groups excluding carboxylic acids is 1. The van der Waals surface area contributed by atoms with Gasteiger partial charge in [0.25, 0.3) is 5.91 Å². The largest absolute Gasteiger partial charge is 0.451 e. The highest BCUT2D eigenvalue weighted by molar-refractivity contribution is 9.10. The van der Waals surface area contributed by atoms with Crippen molar-refractivity contribution in [2.45, 2.75) is 6.92 Å². The number of hydrogen-bond donors (Lipinski definition) is 1. The molecule has 0 spiro atoms. The van der Waals surface area contributed by atoms with E-state index in [0.717, 1.165) is 15.4 Å². The molecule has 0 aliphatic heterocycles. The quantitative estimate of drug-likeness (QED) is 0.660. The highest BCUT2D eigenvalue weighted by atomic mass is 79.9. The molecule has 0 aliphatic carbocycles. The van der Waals surface area contributed by atoms with Crippen LogP contribution in [0, 0.1) is 6.92 Å². The Balaban J connectivity index is 1.87. The number of amides is 1. The van der Waals surface area contributed by atoms with Crippen molar-refractivity contribution in [2.24, 2.45) is 0 Å². The topological polar surface area (TPSA) is 42.2 Å². The molecule has 0 radical (unpaired) electrons. The van der Waals surface area contributed by atoms with Gasteiger partial charge < -0.3 is 9.73 Å². The molecule has 0 aliphatic rings. The third-order valence-electron chi connectivity index (χ3n) is 3.07. The molecule has 0 fully saturated rings. The van der Waals surface area contributed by atoms with Gasteiger partial charge in [0.05, 0.1) is 5.02 Å². The molecule has 3 nitrogen and oxygen atoms in total. The van der Waals surface area contributed by atoms with E-state index in [9.17, 15) is 4.79 Å². The first-order chi connectivity index (χ1) is 10.0. The molecule has 3 rings (SSSR count). The van der Waals surface area contributed by atoms with E-state index in [1.807, 2.05) is 25.1 Å². The third-order valence-corrected chi connectivity index (χ3v) is 4.29. The SMILES string of the molecule is Cc1ccc2oc(C(=O)Nc3ccc(Cl)c(Br)c3)cc2c1. The van der Waals surface area contributed by atoms with Gasteiger partial charge in [0, 0.05) is 15.5 Å². The van der Waals surface area contributed by atoms with Gasteiger partial charge >= 0.3 is 0 Å². The van der Waals surface area contributed by atoms with Crippen LogP contribution >= 0.6 is 27.5 Å². The van der Waals surface area contributed by atoms with Gasteiger partial charge in [0.2, 0.25) is 0 Å². The maximum Gasteiger partial charge on any atom is 0.291 e. The monoisotopic (exact) mass is 363 g/mol. The lowest BCUT2D eigenvalue weighted by atomic mass is 10.2. The van der Waals surface area contributed by atoms with Crippen LogP contribution in [0.5, 0.6) is 0 Å². The Kier molecular flexibility index (Phi) is 3.74. The molecule has 0 saturated carbocycles. The highest BCUT2D eigenvalue weighted by Gasteiger charge is 2.13. The van der Waals surface area contributed by atoms with Gasteiger partial charge in [-0.2, -0.15) is 0 Å². The van der Waals surface area contributed by atoms with E-state index in [-0.39, 0.29) is 11.7 Å². The lowest BCUT2D eigenvalue weighted by molar-refractivity contribution is 0.0998. The van der Waals surface area contributed by atoms with Gasteiger partial charge in [-0.25, -0.2) is 0 Å². The molecule has 2 aromatic carbocycles. The number of benzene rings is 2. The Morgan fingerprint density at radius 1 is 1.19 bits per heavy atom. The molecule has 3 aromatic rings. The summed E-state index contributed by atoms with van der Waals surface area (Å²) in [5.74, 6) is -0.0141. The predicted molar refractivity (Wildman–Crippen MR) is 88.1 cm³/mol. The van der Waals surface area contributed by atoms with Crippen molar-refractivity contribution in [3.63, 3.8) is 0 Å². The smallest absolute Gasteiger partial charge is 0.291 e. The summed E-state index contributed by atoms with van der Waals surface area (Å²) < 4.78 is 6.29. The summed E-state index contributed by atoms with van der Waals surface area (Å²) >= 11 is 9.25. The van der Waals surface area contributed by atoms with Crippen molar-refractivity contribution in [3.8, 4) is 0 Å². The Morgan fingerprint density at radius 2 is 2.00 bits per heavy atom. The van der Waals surface area contributed by atoms with Crippen molar-refractivity contribution >= 4 is 50.1 Å². The summed E-state index contributed by atoms with van der Waals surface area (Å²) in [7, 11) is 0. The van der Waals surface area contributed by atoms with E-state index in [4.69, 9.17) is 16.0 Å². The van der Waals surface area contributed by atoms with Gasteiger partial charge in [0.1, 0.15) is 5.58 Å². The number of furan rings is 1. The first kappa shape index (κ1) is 14.2. The number of carbonyl (C=O) groups is 1. The van der Waals surface area contributed by atoms with Crippen LogP contribution in [-0.2, 0) is 0 Å². The van der Waals surface area contributed by atoms with Crippen molar-refractivity contribution in [1.82, 2.24) is 0 Å². The summed E-state index contributed by atoms with van der Waals surface area (Å²) in [6.45, 7) is 2.00. The first-order valence-corrected chi connectivity index (χ1v) is 7.46. The van der Waals surface area contributed by atoms with Gasteiger partial charge in [-0.15, -0.1) is 0 Å². The molecule has 21 heavy (non-hydrogen) atoms. The summed E-state index contributed by atoms with van der Waals surface area (Å²) in [5, 5.41) is 4.28. The van der Waals surface area contributed by atoms with E-state index in [2.05, 4.69) is 21.2 Å². The summed E-state index contributed by atoms with van der Waals surface area (Å²) in [6, 6.07) is 12.7. The van der Waals surface area contributed by atoms with E-state index in [1.165, 1.54) is 0 Å². The molecule has 5 heteroatoms. The van der Waals surface area contributed by atoms with Gasteiger partial charge in [-0.05, 0) is 59.3 Å². The van der Waals surface area contributed by atoms with Crippen molar-refractivity contribution in [2.75, 3.05) is 5.32 Å². The van der Waals surface area contributed by atoms with Gasteiger partial charge in [-0.1, -0.05) is 23.2 Å². The zero-order valence-corrected chi connectivity index (χ0v) is 13.5. The lowest BCUT2D eigenvalue weighted by Crippen LogP contribution is -2.10. The standard InChI is InChI=1S/C16H11BrClNO2/c1-9-2-5-14-10(6-9)7-15(21-14)16(20)19-11-3-4-13(18)12(17)8-11/h2-8H,1H3,(H,19,20). The number of aryl methyl sites for hydroxylation is 1. The molecule has 1 N–H and O–H groups in total. The average Bonchev–Trinajstić information content (AvgIpc) is 2.86. The molecule has 1 amide bonds. The summed E-state index contributed by atoms with van der Waals surface area (Å²) in [6.07, 6.45) is 0. The molecule has 0 atom stereocenters. The summed E-state index contributed by atoms with van der Waals surface area (Å²) in [4.78, 5) is 12.2. The number of hydrogen-bond acceptors (Lipinski definition) is 2. The number of halogens is 2. The Bertz CT molecular complexity index is 841. The van der Waals surface area contributed by atoms with Crippen LogP contribution in [0.15, 0.2) is 51.4 Å². The number of fused-ring (bicyclic) bond motifs is 1. The molecular weight excluding hydrogens is 354 g/mol. The van der Waals surface area contributed by atoms with Crippen molar-refractivity contribution < 1.29 is 9.21 Å². The highest BCUT2D eigenvalue weighted by Crippen LogP contribution is 2.26. The van der Waals surface area contributed by atoms with Crippen LogP contribution in [0.25, 0.3) is 11.0 Å². The number of anilines is 1. The molecule has 1 aromatic heterocycles. The normalized spacial score (nSPS) is 10.8. The molecule has 0 bridgehead atoms. The number of rotatable bonds is 2. The number of nitrogens with one attached hydrogen (secondary N) is 1.